The zero-order valence-corrected chi connectivity index (χ0v) is 22.4. The van der Waals surface area contributed by atoms with E-state index in [1.807, 2.05) is 7.05 Å². The summed E-state index contributed by atoms with van der Waals surface area (Å²) in [6.07, 6.45) is 1.62. The highest BCUT2D eigenvalue weighted by Crippen LogP contribution is 2.27. The Balaban J connectivity index is 1.76. The Bertz CT molecular complexity index is 1390. The van der Waals surface area contributed by atoms with Gasteiger partial charge in [-0.2, -0.15) is 0 Å². The first-order chi connectivity index (χ1) is 17.5. The van der Waals surface area contributed by atoms with Crippen molar-refractivity contribution in [1.29, 1.82) is 5.41 Å². The molecule has 2 aliphatic rings. The first kappa shape index (κ1) is 27.4. The minimum absolute atomic E-state index is 0.0669. The number of amides is 1. The second-order valence-corrected chi connectivity index (χ2v) is 12.0. The maximum absolute atomic E-state index is 13.5. The molecule has 0 radical (unpaired) electrons. The average Bonchev–Trinajstić information content (AvgIpc) is 2.84. The Kier molecular flexibility index (Phi) is 8.47. The third-order valence-electron chi connectivity index (χ3n) is 6.18. The minimum Gasteiger partial charge on any atom is -0.304 e. The van der Waals surface area contributed by atoms with Gasteiger partial charge in [0.15, 0.2) is 15.5 Å². The van der Waals surface area contributed by atoms with Crippen LogP contribution in [0.15, 0.2) is 59.3 Å². The summed E-state index contributed by atoms with van der Waals surface area (Å²) in [4.78, 5) is 15.2. The smallest absolute Gasteiger partial charge is 0.283 e. The molecule has 0 saturated carbocycles. The van der Waals surface area contributed by atoms with E-state index < -0.39 is 33.0 Å². The molecule has 0 aromatic heterocycles. The molecule has 2 aromatic rings. The summed E-state index contributed by atoms with van der Waals surface area (Å²) in [6.45, 7) is 2.68. The van der Waals surface area contributed by atoms with Gasteiger partial charge in [0.25, 0.3) is 5.91 Å². The van der Waals surface area contributed by atoms with Gasteiger partial charge in [0.2, 0.25) is 0 Å². The quantitative estimate of drug-likeness (QED) is 0.367. The maximum atomic E-state index is 13.5. The monoisotopic (exact) mass is 566 g/mol. The zero-order valence-electron chi connectivity index (χ0n) is 20.1. The van der Waals surface area contributed by atoms with Gasteiger partial charge in [0, 0.05) is 42.8 Å². The van der Waals surface area contributed by atoms with Crippen LogP contribution in [0.5, 0.6) is 0 Å². The van der Waals surface area contributed by atoms with Crippen LogP contribution in [-0.2, 0) is 14.6 Å². The fraction of sp³-hybridized carbons (Fsp3) is 0.280. The van der Waals surface area contributed by atoms with Crippen molar-refractivity contribution in [3.63, 3.8) is 0 Å². The lowest BCUT2D eigenvalue weighted by Gasteiger charge is -2.32. The number of sulfone groups is 1. The molecule has 1 saturated heterocycles. The van der Waals surface area contributed by atoms with Crippen LogP contribution in [0, 0.1) is 11.2 Å². The van der Waals surface area contributed by atoms with Gasteiger partial charge >= 0.3 is 0 Å². The second-order valence-electron chi connectivity index (χ2n) is 9.06. The number of benzene rings is 2. The lowest BCUT2D eigenvalue weighted by atomic mass is 10.0. The van der Waals surface area contributed by atoms with Crippen molar-refractivity contribution in [2.24, 2.45) is 0 Å². The summed E-state index contributed by atoms with van der Waals surface area (Å²) in [5.41, 5.74) is 4.26. The van der Waals surface area contributed by atoms with Gasteiger partial charge in [-0.3, -0.25) is 20.9 Å². The van der Waals surface area contributed by atoms with Gasteiger partial charge < -0.3 is 4.90 Å². The molecule has 2 aromatic carbocycles. The van der Waals surface area contributed by atoms with Crippen LogP contribution in [0.3, 0.4) is 0 Å². The van der Waals surface area contributed by atoms with E-state index in [2.05, 4.69) is 10.3 Å². The Morgan fingerprint density at radius 3 is 2.41 bits per heavy atom. The van der Waals surface area contributed by atoms with Gasteiger partial charge in [-0.1, -0.05) is 35.3 Å². The molecule has 1 amide bonds. The van der Waals surface area contributed by atoms with Gasteiger partial charge in [-0.05, 0) is 43.0 Å². The highest BCUT2D eigenvalue weighted by molar-refractivity contribution is 7.91. The SMILES string of the molecule is CN1CCN(NC(=O)C(=N)C2=C([NH2+]c3ccc(Cl)cc3Cl)/C(=C/c3ccc(F)cc3)CS(=O)(=O)C2)CC1. The Morgan fingerprint density at radius 1 is 1.08 bits per heavy atom. The number of hydrazine groups is 1. The van der Waals surface area contributed by atoms with E-state index in [1.165, 1.54) is 24.3 Å². The predicted molar refractivity (Wildman–Crippen MR) is 143 cm³/mol. The molecule has 2 heterocycles. The van der Waals surface area contributed by atoms with Gasteiger partial charge in [-0.15, -0.1) is 0 Å². The number of halogens is 3. The third-order valence-corrected chi connectivity index (χ3v) is 8.22. The first-order valence-electron chi connectivity index (χ1n) is 11.5. The minimum atomic E-state index is -3.69. The van der Waals surface area contributed by atoms with Crippen molar-refractivity contribution in [1.82, 2.24) is 15.3 Å². The molecule has 12 heteroatoms. The standard InChI is InChI=1S/C25H26Cl2FN5O3S/c1-32-8-10-33(11-9-32)31-25(34)23(29)20-15-37(35,36)14-17(12-16-2-5-19(28)6-3-16)24(20)30-22-7-4-18(26)13-21(22)27/h2-7,12-13,29-30H,8-11,14-15H2,1H3,(H,31,34)/p+1/b17-12+,29-23?. The second kappa shape index (κ2) is 11.4. The van der Waals surface area contributed by atoms with Crippen LogP contribution >= 0.6 is 23.2 Å². The Morgan fingerprint density at radius 2 is 1.76 bits per heavy atom. The molecule has 196 valence electrons. The van der Waals surface area contributed by atoms with Gasteiger partial charge in [0.1, 0.15) is 22.2 Å². The largest absolute Gasteiger partial charge is 0.304 e. The summed E-state index contributed by atoms with van der Waals surface area (Å²) in [5.74, 6) is -1.89. The molecule has 0 atom stereocenters. The molecule has 4 N–H and O–H groups in total. The van der Waals surface area contributed by atoms with Crippen LogP contribution < -0.4 is 10.7 Å². The van der Waals surface area contributed by atoms with E-state index in [4.69, 9.17) is 28.6 Å². The number of nitrogens with zero attached hydrogens (tertiary/aromatic N) is 2. The van der Waals surface area contributed by atoms with E-state index in [1.54, 1.807) is 34.6 Å². The zero-order chi connectivity index (χ0) is 26.7. The summed E-state index contributed by atoms with van der Waals surface area (Å²) in [7, 11) is -1.70. The van der Waals surface area contributed by atoms with Crippen LogP contribution in [0.2, 0.25) is 10.0 Å². The number of allylic oxidation sites excluding steroid dienone is 1. The molecule has 0 unspecified atom stereocenters. The summed E-state index contributed by atoms with van der Waals surface area (Å²) in [6, 6.07) is 10.5. The van der Waals surface area contributed by atoms with E-state index in [0.29, 0.717) is 45.7 Å². The fourth-order valence-electron chi connectivity index (χ4n) is 4.15. The predicted octanol–water partition coefficient (Wildman–Crippen LogP) is 2.39. The number of hydrogen-bond donors (Lipinski definition) is 3. The third kappa shape index (κ3) is 7.04. The molecule has 1 fully saturated rings. The van der Waals surface area contributed by atoms with Crippen LogP contribution in [0.25, 0.3) is 6.08 Å². The topological polar surface area (TPSA) is 110 Å². The number of piperazine rings is 1. The number of quaternary nitrogens is 1. The summed E-state index contributed by atoms with van der Waals surface area (Å²) >= 11 is 12.4. The number of hydrogen-bond acceptors (Lipinski definition) is 6. The molecule has 0 spiro atoms. The molecular weight excluding hydrogens is 540 g/mol. The van der Waals surface area contributed by atoms with Gasteiger partial charge in [-0.25, -0.2) is 17.8 Å². The van der Waals surface area contributed by atoms with Crippen molar-refractivity contribution in [2.45, 2.75) is 0 Å². The van der Waals surface area contributed by atoms with Crippen LogP contribution in [-0.4, -0.2) is 74.7 Å². The number of carbonyl (C=O) groups excluding carboxylic acids is 1. The van der Waals surface area contributed by atoms with E-state index >= 15 is 0 Å². The Hall–Kier alpha value is -2.60. The fourth-order valence-corrected chi connectivity index (χ4v) is 6.17. The van der Waals surface area contributed by atoms with E-state index in [9.17, 15) is 17.6 Å². The van der Waals surface area contributed by atoms with Crippen molar-refractivity contribution in [2.75, 3.05) is 44.7 Å². The van der Waals surface area contributed by atoms with E-state index in [-0.39, 0.29) is 11.3 Å². The van der Waals surface area contributed by atoms with Crippen molar-refractivity contribution in [3.05, 3.63) is 80.7 Å². The number of rotatable bonds is 6. The highest BCUT2D eigenvalue weighted by atomic mass is 35.5. The number of likely N-dealkylation sites (N-methyl/N-ethyl adjacent to an activating group) is 1. The average molecular weight is 567 g/mol. The molecule has 2 aliphatic heterocycles. The van der Waals surface area contributed by atoms with Crippen LogP contribution in [0.1, 0.15) is 5.56 Å². The number of nitrogens with two attached hydrogens (primary N) is 1. The lowest BCUT2D eigenvalue weighted by Crippen LogP contribution is -2.78. The Labute approximate surface area is 225 Å². The number of nitrogens with one attached hydrogen (secondary N) is 2. The van der Waals surface area contributed by atoms with Crippen molar-refractivity contribution >= 4 is 56.4 Å². The summed E-state index contributed by atoms with van der Waals surface area (Å²) < 4.78 is 39.3. The van der Waals surface area contributed by atoms with E-state index in [0.717, 1.165) is 13.1 Å². The maximum Gasteiger partial charge on any atom is 0.283 e. The number of carbonyl (C=O) groups is 1. The summed E-state index contributed by atoms with van der Waals surface area (Å²) in [5, 5.41) is 12.8. The molecule has 37 heavy (non-hydrogen) atoms. The molecular formula is C25H27Cl2FN5O3S+. The molecule has 0 bridgehead atoms. The lowest BCUT2D eigenvalue weighted by molar-refractivity contribution is -0.514. The molecule has 8 nitrogen and oxygen atoms in total. The molecule has 0 aliphatic carbocycles. The normalized spacial score (nSPS) is 19.7. The highest BCUT2D eigenvalue weighted by Gasteiger charge is 2.36. The first-order valence-corrected chi connectivity index (χ1v) is 14.1. The van der Waals surface area contributed by atoms with Crippen LogP contribution in [0.4, 0.5) is 10.1 Å². The van der Waals surface area contributed by atoms with Gasteiger partial charge in [0.05, 0.1) is 17.1 Å². The van der Waals surface area contributed by atoms with Crippen molar-refractivity contribution < 1.29 is 22.9 Å². The van der Waals surface area contributed by atoms with Crippen molar-refractivity contribution in [3.8, 4) is 0 Å². The molecule has 4 rings (SSSR count).